The van der Waals surface area contributed by atoms with Crippen LogP contribution in [0.25, 0.3) is 16.7 Å². The molecule has 0 atom stereocenters. The normalized spacial score (nSPS) is 11.1. The van der Waals surface area contributed by atoms with Gasteiger partial charge in [-0.25, -0.2) is 4.98 Å². The highest BCUT2D eigenvalue weighted by molar-refractivity contribution is 7.99. The highest BCUT2D eigenvalue weighted by Crippen LogP contribution is 2.32. The second-order valence-corrected chi connectivity index (χ2v) is 9.06. The van der Waals surface area contributed by atoms with E-state index in [9.17, 15) is 4.79 Å². The molecule has 0 bridgehead atoms. The summed E-state index contributed by atoms with van der Waals surface area (Å²) in [5.74, 6) is 0.0403. The standard InChI is InChI=1S/C23H20Cl2N4OS/c1-13-8-14(2)22(15(3)9-13)29-20-6-7-26-11-19(20)28-23(29)31-12-21(30)27-16-4-5-17(24)18(25)10-16/h4-11H,12H2,1-3H3,(H,27,30). The number of nitrogens with zero attached hydrogens (tertiary/aromatic N) is 3. The fourth-order valence-corrected chi connectivity index (χ4v) is 4.76. The fourth-order valence-electron chi connectivity index (χ4n) is 3.65. The molecule has 0 spiro atoms. The molecule has 0 radical (unpaired) electrons. The first-order chi connectivity index (χ1) is 14.8. The Labute approximate surface area is 194 Å². The van der Waals surface area contributed by atoms with Crippen LogP contribution >= 0.6 is 35.0 Å². The number of benzene rings is 2. The highest BCUT2D eigenvalue weighted by Gasteiger charge is 2.18. The molecule has 4 aromatic rings. The highest BCUT2D eigenvalue weighted by atomic mass is 35.5. The number of anilines is 1. The summed E-state index contributed by atoms with van der Waals surface area (Å²) in [7, 11) is 0. The number of carbonyl (C=O) groups is 1. The van der Waals surface area contributed by atoms with Crippen LogP contribution in [0.2, 0.25) is 10.0 Å². The summed E-state index contributed by atoms with van der Waals surface area (Å²) >= 11 is 13.4. The van der Waals surface area contributed by atoms with Crippen molar-refractivity contribution in [1.29, 1.82) is 0 Å². The maximum atomic E-state index is 12.6. The minimum absolute atomic E-state index is 0.155. The summed E-state index contributed by atoms with van der Waals surface area (Å²) in [5.41, 5.74) is 6.92. The lowest BCUT2D eigenvalue weighted by molar-refractivity contribution is -0.113. The molecule has 4 rings (SSSR count). The van der Waals surface area contributed by atoms with Gasteiger partial charge in [-0.3, -0.25) is 14.3 Å². The van der Waals surface area contributed by atoms with Crippen LogP contribution < -0.4 is 5.32 Å². The zero-order valence-electron chi connectivity index (χ0n) is 17.2. The van der Waals surface area contributed by atoms with Crippen molar-refractivity contribution in [3.63, 3.8) is 0 Å². The molecule has 0 saturated carbocycles. The molecule has 31 heavy (non-hydrogen) atoms. The number of hydrogen-bond donors (Lipinski definition) is 1. The van der Waals surface area contributed by atoms with E-state index in [0.29, 0.717) is 15.7 Å². The number of pyridine rings is 1. The first kappa shape index (κ1) is 21.7. The molecule has 0 aliphatic carbocycles. The minimum atomic E-state index is -0.155. The van der Waals surface area contributed by atoms with E-state index in [2.05, 4.69) is 47.8 Å². The van der Waals surface area contributed by atoms with Crippen molar-refractivity contribution in [2.24, 2.45) is 0 Å². The van der Waals surface area contributed by atoms with Gasteiger partial charge in [0, 0.05) is 11.9 Å². The summed E-state index contributed by atoms with van der Waals surface area (Å²) in [6, 6.07) is 11.3. The number of carbonyl (C=O) groups excluding carboxylic acids is 1. The number of hydrogen-bond acceptors (Lipinski definition) is 4. The monoisotopic (exact) mass is 470 g/mol. The molecule has 158 valence electrons. The Hall–Kier alpha value is -2.54. The molecular formula is C23H20Cl2N4OS. The molecule has 2 heterocycles. The molecule has 0 saturated heterocycles. The third-order valence-corrected chi connectivity index (χ3v) is 6.50. The Bertz CT molecular complexity index is 1280. The Morgan fingerprint density at radius 2 is 1.81 bits per heavy atom. The lowest BCUT2D eigenvalue weighted by Gasteiger charge is -2.16. The second-order valence-electron chi connectivity index (χ2n) is 7.31. The van der Waals surface area contributed by atoms with Gasteiger partial charge >= 0.3 is 0 Å². The smallest absolute Gasteiger partial charge is 0.234 e. The van der Waals surface area contributed by atoms with Gasteiger partial charge in [-0.15, -0.1) is 0 Å². The predicted molar refractivity (Wildman–Crippen MR) is 129 cm³/mol. The van der Waals surface area contributed by atoms with Gasteiger partial charge in [-0.05, 0) is 56.2 Å². The summed E-state index contributed by atoms with van der Waals surface area (Å²) < 4.78 is 2.11. The lowest BCUT2D eigenvalue weighted by Crippen LogP contribution is -2.14. The molecule has 5 nitrogen and oxygen atoms in total. The molecule has 0 fully saturated rings. The lowest BCUT2D eigenvalue weighted by atomic mass is 10.0. The van der Waals surface area contributed by atoms with E-state index in [1.165, 1.54) is 17.3 Å². The molecule has 1 amide bonds. The number of rotatable bonds is 5. The van der Waals surface area contributed by atoms with Crippen molar-refractivity contribution in [1.82, 2.24) is 14.5 Å². The van der Waals surface area contributed by atoms with Crippen LogP contribution in [0.15, 0.2) is 53.9 Å². The van der Waals surface area contributed by atoms with Crippen molar-refractivity contribution < 1.29 is 4.79 Å². The fraction of sp³-hybridized carbons (Fsp3) is 0.174. The van der Waals surface area contributed by atoms with E-state index in [1.807, 2.05) is 6.07 Å². The van der Waals surface area contributed by atoms with Crippen LogP contribution in [0.5, 0.6) is 0 Å². The van der Waals surface area contributed by atoms with Crippen LogP contribution in [0.4, 0.5) is 5.69 Å². The molecule has 0 unspecified atom stereocenters. The summed E-state index contributed by atoms with van der Waals surface area (Å²) in [6.45, 7) is 6.27. The first-order valence-electron chi connectivity index (χ1n) is 9.62. The Morgan fingerprint density at radius 1 is 1.06 bits per heavy atom. The van der Waals surface area contributed by atoms with Gasteiger partial charge in [0.1, 0.15) is 5.52 Å². The molecule has 2 aromatic carbocycles. The molecule has 0 aliphatic heterocycles. The van der Waals surface area contributed by atoms with E-state index in [-0.39, 0.29) is 11.7 Å². The van der Waals surface area contributed by atoms with Crippen molar-refractivity contribution >= 4 is 57.6 Å². The van der Waals surface area contributed by atoms with Gasteiger partial charge < -0.3 is 5.32 Å². The van der Waals surface area contributed by atoms with Crippen LogP contribution in [-0.2, 0) is 4.79 Å². The van der Waals surface area contributed by atoms with Gasteiger partial charge in [0.25, 0.3) is 0 Å². The Balaban J connectivity index is 1.65. The number of fused-ring (bicyclic) bond motifs is 1. The van der Waals surface area contributed by atoms with Crippen LogP contribution in [0.1, 0.15) is 16.7 Å². The zero-order chi connectivity index (χ0) is 22.1. The number of aryl methyl sites for hydroxylation is 3. The van der Waals surface area contributed by atoms with E-state index in [4.69, 9.17) is 28.2 Å². The Kier molecular flexibility index (Phi) is 6.23. The van der Waals surface area contributed by atoms with Crippen molar-refractivity contribution in [2.75, 3.05) is 11.1 Å². The largest absolute Gasteiger partial charge is 0.325 e. The van der Waals surface area contributed by atoms with Gasteiger partial charge in [-0.1, -0.05) is 52.7 Å². The SMILES string of the molecule is Cc1cc(C)c(-n2c(SCC(=O)Nc3ccc(Cl)c(Cl)c3)nc3cnccc32)c(C)c1. The molecule has 0 aliphatic rings. The maximum Gasteiger partial charge on any atom is 0.234 e. The minimum Gasteiger partial charge on any atom is -0.325 e. The number of nitrogens with one attached hydrogen (secondary N) is 1. The average molecular weight is 471 g/mol. The van der Waals surface area contributed by atoms with E-state index in [0.717, 1.165) is 33.0 Å². The zero-order valence-corrected chi connectivity index (χ0v) is 19.6. The van der Waals surface area contributed by atoms with Gasteiger partial charge in [-0.2, -0.15) is 0 Å². The van der Waals surface area contributed by atoms with E-state index in [1.54, 1.807) is 30.6 Å². The van der Waals surface area contributed by atoms with Crippen molar-refractivity contribution in [3.05, 3.63) is 75.5 Å². The number of imidazole rings is 1. The maximum absolute atomic E-state index is 12.6. The summed E-state index contributed by atoms with van der Waals surface area (Å²) in [6.07, 6.45) is 3.50. The third kappa shape index (κ3) is 4.56. The summed E-state index contributed by atoms with van der Waals surface area (Å²) in [5, 5.41) is 4.43. The third-order valence-electron chi connectivity index (χ3n) is 4.82. The van der Waals surface area contributed by atoms with Gasteiger partial charge in [0.05, 0.1) is 33.2 Å². The van der Waals surface area contributed by atoms with Crippen LogP contribution in [0.3, 0.4) is 0 Å². The predicted octanol–water partition coefficient (Wildman–Crippen LogP) is 6.38. The second kappa shape index (κ2) is 8.91. The van der Waals surface area contributed by atoms with Gasteiger partial charge in [0.15, 0.2) is 5.16 Å². The van der Waals surface area contributed by atoms with Crippen molar-refractivity contribution in [3.8, 4) is 5.69 Å². The van der Waals surface area contributed by atoms with Crippen LogP contribution in [0, 0.1) is 20.8 Å². The van der Waals surface area contributed by atoms with Gasteiger partial charge in [0.2, 0.25) is 5.91 Å². The number of aromatic nitrogens is 3. The Morgan fingerprint density at radius 3 is 2.52 bits per heavy atom. The first-order valence-corrected chi connectivity index (χ1v) is 11.4. The van der Waals surface area contributed by atoms with Crippen LogP contribution in [-0.4, -0.2) is 26.2 Å². The molecule has 2 aromatic heterocycles. The molecule has 1 N–H and O–H groups in total. The quantitative estimate of drug-likeness (QED) is 0.343. The molecular weight excluding hydrogens is 451 g/mol. The van der Waals surface area contributed by atoms with Crippen molar-refractivity contribution in [2.45, 2.75) is 25.9 Å². The van der Waals surface area contributed by atoms with E-state index < -0.39 is 0 Å². The molecule has 8 heteroatoms. The number of amides is 1. The van der Waals surface area contributed by atoms with E-state index >= 15 is 0 Å². The topological polar surface area (TPSA) is 59.8 Å². The number of halogens is 2. The number of thioether (sulfide) groups is 1. The average Bonchev–Trinajstić information content (AvgIpc) is 3.07. The summed E-state index contributed by atoms with van der Waals surface area (Å²) in [4.78, 5) is 21.5.